The zero-order valence-electron chi connectivity index (χ0n) is 16.1. The van der Waals surface area contributed by atoms with E-state index in [1.165, 1.54) is 0 Å². The Hall–Kier alpha value is -2.81. The Balaban J connectivity index is 2.21. The van der Waals surface area contributed by atoms with Crippen LogP contribution in [-0.4, -0.2) is 48.0 Å². The lowest BCUT2D eigenvalue weighted by molar-refractivity contribution is -0.142. The molecule has 0 radical (unpaired) electrons. The van der Waals surface area contributed by atoms with Crippen molar-refractivity contribution >= 4 is 29.7 Å². The number of nitrogens with zero attached hydrogens (tertiary/aromatic N) is 2. The van der Waals surface area contributed by atoms with Crippen molar-refractivity contribution in [2.75, 3.05) is 0 Å². The smallest absolute Gasteiger partial charge is 0.335 e. The third kappa shape index (κ3) is 6.63. The number of thioether (sulfide) groups is 1. The highest BCUT2D eigenvalue weighted by Gasteiger charge is 2.22. The minimum absolute atomic E-state index is 0.208. The molecule has 0 aliphatic carbocycles. The van der Waals surface area contributed by atoms with Crippen LogP contribution in [0.1, 0.15) is 53.6 Å². The molecule has 8 nitrogen and oxygen atoms in total. The van der Waals surface area contributed by atoms with E-state index in [4.69, 9.17) is 10.2 Å². The number of imidazole rings is 1. The van der Waals surface area contributed by atoms with Crippen LogP contribution in [-0.2, 0) is 28.3 Å². The summed E-state index contributed by atoms with van der Waals surface area (Å²) in [5, 5.41) is 26.2. The number of aromatic carboxylic acids is 1. The summed E-state index contributed by atoms with van der Waals surface area (Å²) < 4.78 is 2.00. The predicted octanol–water partition coefficient (Wildman–Crippen LogP) is 3.13. The van der Waals surface area contributed by atoms with Crippen LogP contribution in [0, 0.1) is 0 Å². The second-order valence-corrected chi connectivity index (χ2v) is 7.78. The number of hydrogen-bond donors (Lipinski definition) is 3. The second-order valence-electron chi connectivity index (χ2n) is 6.59. The van der Waals surface area contributed by atoms with Crippen molar-refractivity contribution in [2.24, 2.45) is 0 Å². The summed E-state index contributed by atoms with van der Waals surface area (Å²) in [5.41, 5.74) is 1.91. The molecule has 0 fully saturated rings. The molecule has 1 atom stereocenters. The van der Waals surface area contributed by atoms with Gasteiger partial charge in [0.05, 0.1) is 12.0 Å². The average molecular weight is 420 g/mol. The van der Waals surface area contributed by atoms with Crippen LogP contribution in [0.2, 0.25) is 0 Å². The molecule has 0 amide bonds. The molecule has 0 aliphatic heterocycles. The normalized spacial score (nSPS) is 11.9. The van der Waals surface area contributed by atoms with Crippen molar-refractivity contribution in [2.45, 2.75) is 50.2 Å². The molecule has 0 aliphatic rings. The number of aryl methyl sites for hydroxylation is 1. The minimum atomic E-state index is -1.15. The van der Waals surface area contributed by atoms with Crippen LogP contribution in [0.15, 0.2) is 30.5 Å². The van der Waals surface area contributed by atoms with Crippen LogP contribution < -0.4 is 0 Å². The Labute approximate surface area is 172 Å². The van der Waals surface area contributed by atoms with E-state index in [9.17, 15) is 19.5 Å². The van der Waals surface area contributed by atoms with Crippen molar-refractivity contribution in [3.8, 4) is 0 Å². The van der Waals surface area contributed by atoms with E-state index in [2.05, 4.69) is 11.9 Å². The van der Waals surface area contributed by atoms with E-state index in [-0.39, 0.29) is 5.56 Å². The van der Waals surface area contributed by atoms with Crippen molar-refractivity contribution in [1.29, 1.82) is 0 Å². The average Bonchev–Trinajstić information content (AvgIpc) is 3.04. The summed E-state index contributed by atoms with van der Waals surface area (Å²) in [6.45, 7) is 2.56. The fourth-order valence-electron chi connectivity index (χ4n) is 2.79. The van der Waals surface area contributed by atoms with Crippen molar-refractivity contribution in [3.63, 3.8) is 0 Å². The molecule has 2 aromatic rings. The summed E-state index contributed by atoms with van der Waals surface area (Å²) in [6.07, 6.45) is 3.98. The highest BCUT2D eigenvalue weighted by Crippen LogP contribution is 2.23. The molecular formula is C20H24N2O6S. The molecule has 0 spiro atoms. The first kappa shape index (κ1) is 22.5. The number of aromatic nitrogens is 2. The number of carboxylic acid groups (broad SMARTS) is 3. The fourth-order valence-corrected chi connectivity index (χ4v) is 3.80. The highest BCUT2D eigenvalue weighted by atomic mass is 32.2. The van der Waals surface area contributed by atoms with E-state index in [1.807, 2.05) is 4.57 Å². The zero-order valence-corrected chi connectivity index (χ0v) is 16.9. The fraction of sp³-hybridized carbons (Fsp3) is 0.400. The second kappa shape index (κ2) is 10.7. The number of aliphatic carboxylic acids is 2. The van der Waals surface area contributed by atoms with Gasteiger partial charge in [-0.2, -0.15) is 0 Å². The van der Waals surface area contributed by atoms with E-state index < -0.39 is 29.6 Å². The molecular weight excluding hydrogens is 396 g/mol. The summed E-state index contributed by atoms with van der Waals surface area (Å²) in [7, 11) is 0. The van der Waals surface area contributed by atoms with Crippen LogP contribution in [0.3, 0.4) is 0 Å². The van der Waals surface area contributed by atoms with Gasteiger partial charge in [0.15, 0.2) is 0 Å². The molecule has 3 N–H and O–H groups in total. The maximum absolute atomic E-state index is 11.3. The molecule has 9 heteroatoms. The van der Waals surface area contributed by atoms with E-state index >= 15 is 0 Å². The summed E-state index contributed by atoms with van der Waals surface area (Å²) in [6, 6.07) is 6.58. The number of unbranched alkanes of at least 4 members (excludes halogenated alkanes) is 1. The Morgan fingerprint density at radius 1 is 1.14 bits per heavy atom. The van der Waals surface area contributed by atoms with Gasteiger partial charge in [0.2, 0.25) is 0 Å². The minimum Gasteiger partial charge on any atom is -0.481 e. The van der Waals surface area contributed by atoms with Gasteiger partial charge in [0.1, 0.15) is 11.1 Å². The number of rotatable bonds is 12. The quantitative estimate of drug-likeness (QED) is 0.477. The van der Waals surface area contributed by atoms with Crippen LogP contribution in [0.4, 0.5) is 0 Å². The lowest BCUT2D eigenvalue weighted by Gasteiger charge is -2.14. The third-order valence-electron chi connectivity index (χ3n) is 4.38. The Morgan fingerprint density at radius 3 is 2.38 bits per heavy atom. The zero-order chi connectivity index (χ0) is 21.4. The van der Waals surface area contributed by atoms with Gasteiger partial charge in [-0.3, -0.25) is 9.59 Å². The lowest BCUT2D eigenvalue weighted by atomic mass is 10.1. The number of carbonyl (C=O) groups is 3. The lowest BCUT2D eigenvalue weighted by Crippen LogP contribution is -2.21. The summed E-state index contributed by atoms with van der Waals surface area (Å²) in [5.74, 6) is -2.11. The van der Waals surface area contributed by atoms with Gasteiger partial charge in [0, 0.05) is 30.6 Å². The Kier molecular flexibility index (Phi) is 8.26. The van der Waals surface area contributed by atoms with Gasteiger partial charge in [-0.05, 0) is 24.1 Å². The molecule has 0 saturated heterocycles. The van der Waals surface area contributed by atoms with Crippen molar-refractivity contribution in [3.05, 3.63) is 53.1 Å². The standard InChI is InChI=1S/C20H24N2O6S/c1-2-3-4-17-21-10-15(12-29-16(20(27)28)9-18(23)24)22(17)11-13-5-7-14(8-6-13)19(25)26/h5-8,10,16H,2-4,9,11-12H2,1H3,(H,23,24)(H,25,26)(H,27,28)/t16-/m0/s1. The van der Waals surface area contributed by atoms with Gasteiger partial charge in [0.25, 0.3) is 0 Å². The molecule has 2 rings (SSSR count). The predicted molar refractivity (Wildman–Crippen MR) is 108 cm³/mol. The Bertz CT molecular complexity index is 862. The molecule has 1 heterocycles. The molecule has 0 saturated carbocycles. The summed E-state index contributed by atoms with van der Waals surface area (Å²) >= 11 is 1.06. The van der Waals surface area contributed by atoms with Gasteiger partial charge in [-0.25, -0.2) is 9.78 Å². The molecule has 29 heavy (non-hydrogen) atoms. The van der Waals surface area contributed by atoms with Gasteiger partial charge >= 0.3 is 17.9 Å². The van der Waals surface area contributed by atoms with Crippen LogP contribution >= 0.6 is 11.8 Å². The third-order valence-corrected chi connectivity index (χ3v) is 5.62. The number of hydrogen-bond acceptors (Lipinski definition) is 5. The van der Waals surface area contributed by atoms with Crippen molar-refractivity contribution in [1.82, 2.24) is 9.55 Å². The maximum Gasteiger partial charge on any atom is 0.335 e. The topological polar surface area (TPSA) is 130 Å². The maximum atomic E-state index is 11.3. The number of carboxylic acids is 3. The molecule has 1 aromatic carbocycles. The monoisotopic (exact) mass is 420 g/mol. The first-order chi connectivity index (χ1) is 13.8. The first-order valence-corrected chi connectivity index (χ1v) is 10.3. The van der Waals surface area contributed by atoms with E-state index in [0.29, 0.717) is 12.3 Å². The first-order valence-electron chi connectivity index (χ1n) is 9.23. The molecule has 156 valence electrons. The van der Waals surface area contributed by atoms with Gasteiger partial charge in [-0.15, -0.1) is 11.8 Å². The SMILES string of the molecule is CCCCc1ncc(CS[C@@H](CC(=O)O)C(=O)O)n1Cc1ccc(C(=O)O)cc1. The van der Waals surface area contributed by atoms with Crippen LogP contribution in [0.25, 0.3) is 0 Å². The molecule has 0 unspecified atom stereocenters. The van der Waals surface area contributed by atoms with E-state index in [0.717, 1.165) is 48.1 Å². The van der Waals surface area contributed by atoms with Crippen LogP contribution in [0.5, 0.6) is 0 Å². The molecule has 0 bridgehead atoms. The van der Waals surface area contributed by atoms with Gasteiger partial charge in [-0.1, -0.05) is 25.5 Å². The summed E-state index contributed by atoms with van der Waals surface area (Å²) in [4.78, 5) is 37.7. The van der Waals surface area contributed by atoms with Crippen molar-refractivity contribution < 1.29 is 29.7 Å². The van der Waals surface area contributed by atoms with Gasteiger partial charge < -0.3 is 19.9 Å². The largest absolute Gasteiger partial charge is 0.481 e. The highest BCUT2D eigenvalue weighted by molar-refractivity contribution is 7.99. The Morgan fingerprint density at radius 2 is 1.83 bits per heavy atom. The number of benzene rings is 1. The van der Waals surface area contributed by atoms with E-state index in [1.54, 1.807) is 30.5 Å². The molecule has 1 aromatic heterocycles.